The summed E-state index contributed by atoms with van der Waals surface area (Å²) in [7, 11) is -2.97. The molecule has 1 saturated heterocycles. The van der Waals surface area contributed by atoms with Gasteiger partial charge in [-0.2, -0.15) is 0 Å². The first-order chi connectivity index (χ1) is 9.08. The molecular weight excluding hydrogens is 266 g/mol. The van der Waals surface area contributed by atoms with E-state index < -0.39 is 9.84 Å². The Morgan fingerprint density at radius 3 is 2.68 bits per heavy atom. The number of nitrogens with zero attached hydrogens (tertiary/aromatic N) is 5. The second kappa shape index (κ2) is 4.73. The number of anilines is 1. The van der Waals surface area contributed by atoms with E-state index in [1.165, 1.54) is 6.42 Å². The Hall–Kier alpha value is -1.18. The molecule has 1 aromatic rings. The predicted molar refractivity (Wildman–Crippen MR) is 70.8 cm³/mol. The van der Waals surface area contributed by atoms with Crippen LogP contribution in [0.5, 0.6) is 0 Å². The lowest BCUT2D eigenvalue weighted by Crippen LogP contribution is -2.32. The van der Waals surface area contributed by atoms with Crippen LogP contribution in [0.15, 0.2) is 0 Å². The summed E-state index contributed by atoms with van der Waals surface area (Å²) >= 11 is 0. The quantitative estimate of drug-likeness (QED) is 0.783. The van der Waals surface area contributed by atoms with Gasteiger partial charge in [0.25, 0.3) is 0 Å². The van der Waals surface area contributed by atoms with Gasteiger partial charge in [0.05, 0.1) is 17.0 Å². The molecule has 1 aromatic heterocycles. The molecule has 1 atom stereocenters. The largest absolute Gasteiger partial charge is 0.339 e. The second-order valence-electron chi connectivity index (χ2n) is 5.46. The molecular formula is C11H19N5O2S. The van der Waals surface area contributed by atoms with Crippen LogP contribution in [0.2, 0.25) is 0 Å². The molecule has 2 aliphatic rings. The van der Waals surface area contributed by atoms with E-state index in [0.717, 1.165) is 18.8 Å². The number of hydrogen-bond acceptors (Lipinski definition) is 6. The van der Waals surface area contributed by atoms with E-state index in [1.54, 1.807) is 6.92 Å². The summed E-state index contributed by atoms with van der Waals surface area (Å²) in [6.07, 6.45) is 4.08. The highest BCUT2D eigenvalue weighted by atomic mass is 32.2. The SMILES string of the molecule is CC1CCN(c2nnnn2C2CCC2)CCS1(=O)=O. The first-order valence-electron chi connectivity index (χ1n) is 6.82. The number of tetrazole rings is 1. The fourth-order valence-corrected chi connectivity index (χ4v) is 3.87. The maximum atomic E-state index is 11.9. The summed E-state index contributed by atoms with van der Waals surface area (Å²) < 4.78 is 25.7. The number of hydrogen-bond donors (Lipinski definition) is 0. The zero-order valence-electron chi connectivity index (χ0n) is 11.1. The van der Waals surface area contributed by atoms with Crippen LogP contribution in [0.1, 0.15) is 38.6 Å². The van der Waals surface area contributed by atoms with Crippen LogP contribution in [-0.2, 0) is 9.84 Å². The maximum Gasteiger partial charge on any atom is 0.245 e. The fourth-order valence-electron chi connectivity index (χ4n) is 2.53. The smallest absolute Gasteiger partial charge is 0.245 e. The molecule has 0 spiro atoms. The van der Waals surface area contributed by atoms with Gasteiger partial charge in [-0.25, -0.2) is 13.1 Å². The van der Waals surface area contributed by atoms with Gasteiger partial charge in [0.1, 0.15) is 0 Å². The normalized spacial score (nSPS) is 27.8. The van der Waals surface area contributed by atoms with E-state index in [-0.39, 0.29) is 11.0 Å². The molecule has 0 radical (unpaired) electrons. The van der Waals surface area contributed by atoms with Crippen molar-refractivity contribution in [3.05, 3.63) is 0 Å². The van der Waals surface area contributed by atoms with Crippen molar-refractivity contribution in [3.63, 3.8) is 0 Å². The molecule has 0 amide bonds. The summed E-state index contributed by atoms with van der Waals surface area (Å²) in [4.78, 5) is 2.01. The highest BCUT2D eigenvalue weighted by Crippen LogP contribution is 2.33. The van der Waals surface area contributed by atoms with E-state index in [1.807, 2.05) is 9.58 Å². The van der Waals surface area contributed by atoms with Crippen molar-refractivity contribution in [1.29, 1.82) is 0 Å². The molecule has 1 aliphatic carbocycles. The van der Waals surface area contributed by atoms with Gasteiger partial charge in [-0.05, 0) is 43.0 Å². The van der Waals surface area contributed by atoms with Crippen molar-refractivity contribution in [2.45, 2.75) is 43.9 Å². The molecule has 1 saturated carbocycles. The molecule has 1 unspecified atom stereocenters. The monoisotopic (exact) mass is 285 g/mol. The Morgan fingerprint density at radius 1 is 1.21 bits per heavy atom. The van der Waals surface area contributed by atoms with Crippen LogP contribution in [0.25, 0.3) is 0 Å². The topological polar surface area (TPSA) is 81.0 Å². The fraction of sp³-hybridized carbons (Fsp3) is 0.909. The first kappa shape index (κ1) is 12.8. The zero-order valence-corrected chi connectivity index (χ0v) is 11.9. The highest BCUT2D eigenvalue weighted by Gasteiger charge is 2.31. The average Bonchev–Trinajstić information content (AvgIpc) is 2.70. The zero-order chi connectivity index (χ0) is 13.5. The van der Waals surface area contributed by atoms with Gasteiger partial charge < -0.3 is 4.90 Å². The van der Waals surface area contributed by atoms with Gasteiger partial charge in [-0.15, -0.1) is 0 Å². The Kier molecular flexibility index (Phi) is 3.20. The molecule has 7 nitrogen and oxygen atoms in total. The van der Waals surface area contributed by atoms with Crippen molar-refractivity contribution < 1.29 is 8.42 Å². The molecule has 2 fully saturated rings. The van der Waals surface area contributed by atoms with Gasteiger partial charge in [0.2, 0.25) is 5.95 Å². The molecule has 8 heteroatoms. The lowest BCUT2D eigenvalue weighted by Gasteiger charge is -2.29. The molecule has 2 heterocycles. The molecule has 3 rings (SSSR count). The van der Waals surface area contributed by atoms with Crippen LogP contribution in [-0.4, -0.2) is 52.7 Å². The number of aromatic nitrogens is 4. The summed E-state index contributed by atoms with van der Waals surface area (Å²) in [5, 5.41) is 11.6. The molecule has 19 heavy (non-hydrogen) atoms. The van der Waals surface area contributed by atoms with E-state index in [0.29, 0.717) is 25.6 Å². The van der Waals surface area contributed by atoms with Crippen LogP contribution in [0, 0.1) is 0 Å². The third kappa shape index (κ3) is 2.33. The molecule has 0 bridgehead atoms. The van der Waals surface area contributed by atoms with Gasteiger partial charge >= 0.3 is 0 Å². The van der Waals surface area contributed by atoms with Gasteiger partial charge in [0, 0.05) is 13.1 Å². The molecule has 0 N–H and O–H groups in total. The average molecular weight is 285 g/mol. The van der Waals surface area contributed by atoms with Crippen LogP contribution < -0.4 is 4.90 Å². The summed E-state index contributed by atoms with van der Waals surface area (Å²) in [6, 6.07) is 0.391. The molecule has 0 aromatic carbocycles. The molecule has 106 valence electrons. The Bertz CT molecular complexity index is 551. The Labute approximate surface area is 112 Å². The minimum Gasteiger partial charge on any atom is -0.339 e. The molecule has 1 aliphatic heterocycles. The third-order valence-electron chi connectivity index (χ3n) is 4.24. The van der Waals surface area contributed by atoms with Gasteiger partial charge in [-0.3, -0.25) is 0 Å². The van der Waals surface area contributed by atoms with Crippen molar-refractivity contribution in [2.24, 2.45) is 0 Å². The lowest BCUT2D eigenvalue weighted by atomic mass is 9.93. The van der Waals surface area contributed by atoms with Crippen molar-refractivity contribution in [1.82, 2.24) is 20.2 Å². The Balaban J connectivity index is 1.81. The third-order valence-corrected chi connectivity index (χ3v) is 6.46. The standard InChI is InChI=1S/C11H19N5O2S/c1-9-5-6-15(7-8-19(9,17)18)11-12-13-14-16(11)10-3-2-4-10/h9-10H,2-8H2,1H3. The van der Waals surface area contributed by atoms with Crippen LogP contribution >= 0.6 is 0 Å². The summed E-state index contributed by atoms with van der Waals surface area (Å²) in [5.74, 6) is 0.917. The van der Waals surface area contributed by atoms with E-state index in [2.05, 4.69) is 15.5 Å². The first-order valence-corrected chi connectivity index (χ1v) is 8.54. The van der Waals surface area contributed by atoms with Crippen LogP contribution in [0.4, 0.5) is 5.95 Å². The van der Waals surface area contributed by atoms with E-state index >= 15 is 0 Å². The number of sulfone groups is 1. The minimum absolute atomic E-state index is 0.186. The van der Waals surface area contributed by atoms with E-state index in [4.69, 9.17) is 0 Å². The summed E-state index contributed by atoms with van der Waals surface area (Å²) in [6.45, 7) is 2.97. The highest BCUT2D eigenvalue weighted by molar-refractivity contribution is 7.92. The van der Waals surface area contributed by atoms with Crippen molar-refractivity contribution in [2.75, 3.05) is 23.7 Å². The van der Waals surface area contributed by atoms with Gasteiger partial charge in [-0.1, -0.05) is 5.10 Å². The van der Waals surface area contributed by atoms with Gasteiger partial charge in [0.15, 0.2) is 9.84 Å². The Morgan fingerprint density at radius 2 is 2.00 bits per heavy atom. The van der Waals surface area contributed by atoms with Crippen molar-refractivity contribution >= 4 is 15.8 Å². The lowest BCUT2D eigenvalue weighted by molar-refractivity contribution is 0.285. The summed E-state index contributed by atoms with van der Waals surface area (Å²) in [5.41, 5.74) is 0. The predicted octanol–water partition coefficient (Wildman–Crippen LogP) is 0.411. The maximum absolute atomic E-state index is 11.9. The van der Waals surface area contributed by atoms with Crippen LogP contribution in [0.3, 0.4) is 0 Å². The van der Waals surface area contributed by atoms with Crippen molar-refractivity contribution in [3.8, 4) is 0 Å². The number of rotatable bonds is 2. The van der Waals surface area contributed by atoms with E-state index in [9.17, 15) is 8.42 Å². The minimum atomic E-state index is -2.97. The second-order valence-corrected chi connectivity index (χ2v) is 8.00.